The van der Waals surface area contributed by atoms with E-state index < -0.39 is 0 Å². The van der Waals surface area contributed by atoms with Crippen molar-refractivity contribution >= 4 is 5.95 Å². The smallest absolute Gasteiger partial charge is 0.243 e. The number of aromatic nitrogens is 5. The van der Waals surface area contributed by atoms with Crippen LogP contribution in [0.3, 0.4) is 0 Å². The van der Waals surface area contributed by atoms with Crippen molar-refractivity contribution in [1.29, 1.82) is 0 Å². The van der Waals surface area contributed by atoms with Crippen LogP contribution < -0.4 is 5.32 Å². The zero-order chi connectivity index (χ0) is 16.4. The third kappa shape index (κ3) is 3.56. The van der Waals surface area contributed by atoms with Crippen molar-refractivity contribution in [2.45, 2.75) is 40.3 Å². The third-order valence-electron chi connectivity index (χ3n) is 3.48. The Labute approximate surface area is 134 Å². The summed E-state index contributed by atoms with van der Waals surface area (Å²) in [6.45, 7) is 8.72. The lowest BCUT2D eigenvalue weighted by atomic mass is 10.3. The summed E-state index contributed by atoms with van der Waals surface area (Å²) in [5.41, 5.74) is 2.81. The van der Waals surface area contributed by atoms with E-state index in [4.69, 9.17) is 4.42 Å². The summed E-state index contributed by atoms with van der Waals surface area (Å²) in [6.07, 6.45) is 1.59. The maximum atomic E-state index is 5.57. The van der Waals surface area contributed by atoms with E-state index in [1.807, 2.05) is 37.6 Å². The van der Waals surface area contributed by atoms with Crippen molar-refractivity contribution < 1.29 is 4.42 Å². The van der Waals surface area contributed by atoms with Gasteiger partial charge in [0.25, 0.3) is 0 Å². The van der Waals surface area contributed by atoms with Gasteiger partial charge in [0.2, 0.25) is 5.95 Å². The van der Waals surface area contributed by atoms with Crippen molar-refractivity contribution in [2.75, 3.05) is 5.32 Å². The van der Waals surface area contributed by atoms with Crippen molar-refractivity contribution in [3.8, 4) is 11.5 Å². The highest BCUT2D eigenvalue weighted by molar-refractivity contribution is 5.52. The molecule has 3 rings (SSSR count). The number of nitrogens with zero attached hydrogens (tertiary/aromatic N) is 5. The lowest BCUT2D eigenvalue weighted by molar-refractivity contribution is 0.540. The molecule has 0 radical (unpaired) electrons. The molecular formula is C16H20N6O. The quantitative estimate of drug-likeness (QED) is 0.780. The molecule has 7 heteroatoms. The molecule has 0 amide bonds. The van der Waals surface area contributed by atoms with E-state index in [2.05, 4.69) is 38.6 Å². The van der Waals surface area contributed by atoms with Crippen molar-refractivity contribution in [3.05, 3.63) is 41.5 Å². The standard InChI is InChI=1S/C16H20N6O/c1-10-7-12(3)22(21-10)9-11(2)18-16-19-14(8-17-20-16)15-6-5-13(4)23-15/h5-8,11H,9H2,1-4H3,(H,18,19,20). The number of aryl methyl sites for hydroxylation is 3. The normalized spacial score (nSPS) is 12.3. The summed E-state index contributed by atoms with van der Waals surface area (Å²) in [4.78, 5) is 4.46. The van der Waals surface area contributed by atoms with Gasteiger partial charge in [0.15, 0.2) is 5.76 Å². The fourth-order valence-electron chi connectivity index (χ4n) is 2.44. The number of hydrogen-bond acceptors (Lipinski definition) is 6. The molecule has 0 aromatic carbocycles. The lowest BCUT2D eigenvalue weighted by Gasteiger charge is -2.14. The van der Waals surface area contributed by atoms with Crippen molar-refractivity contribution in [2.24, 2.45) is 0 Å². The summed E-state index contributed by atoms with van der Waals surface area (Å²) in [6, 6.07) is 5.95. The van der Waals surface area contributed by atoms with E-state index in [1.165, 1.54) is 0 Å². The molecule has 3 heterocycles. The minimum atomic E-state index is 0.114. The topological polar surface area (TPSA) is 81.7 Å². The van der Waals surface area contributed by atoms with Crippen molar-refractivity contribution in [3.63, 3.8) is 0 Å². The molecule has 23 heavy (non-hydrogen) atoms. The summed E-state index contributed by atoms with van der Waals surface area (Å²) in [7, 11) is 0. The number of furan rings is 1. The highest BCUT2D eigenvalue weighted by Crippen LogP contribution is 2.19. The number of hydrogen-bond donors (Lipinski definition) is 1. The van der Waals surface area contributed by atoms with Gasteiger partial charge >= 0.3 is 0 Å². The second-order valence-electron chi connectivity index (χ2n) is 5.73. The van der Waals surface area contributed by atoms with Gasteiger partial charge in [-0.2, -0.15) is 10.2 Å². The van der Waals surface area contributed by atoms with Crippen LogP contribution in [-0.4, -0.2) is 31.0 Å². The Morgan fingerprint density at radius 3 is 2.74 bits per heavy atom. The molecule has 7 nitrogen and oxygen atoms in total. The van der Waals surface area contributed by atoms with Crippen LogP contribution >= 0.6 is 0 Å². The van der Waals surface area contributed by atoms with Gasteiger partial charge in [-0.1, -0.05) is 0 Å². The van der Waals surface area contributed by atoms with Gasteiger partial charge in [-0.15, -0.1) is 5.10 Å². The molecule has 1 unspecified atom stereocenters. The molecule has 0 bridgehead atoms. The molecule has 0 spiro atoms. The Morgan fingerprint density at radius 2 is 2.09 bits per heavy atom. The first-order valence-corrected chi connectivity index (χ1v) is 7.55. The molecule has 3 aromatic rings. The van der Waals surface area contributed by atoms with Gasteiger partial charge < -0.3 is 9.73 Å². The minimum Gasteiger partial charge on any atom is -0.460 e. The summed E-state index contributed by atoms with van der Waals surface area (Å²) in [5.74, 6) is 2.00. The Kier molecular flexibility index (Phi) is 4.10. The molecule has 1 atom stereocenters. The van der Waals surface area contributed by atoms with Crippen LogP contribution in [0.2, 0.25) is 0 Å². The van der Waals surface area contributed by atoms with E-state index in [0.29, 0.717) is 17.4 Å². The van der Waals surface area contributed by atoms with Gasteiger partial charge in [-0.3, -0.25) is 4.68 Å². The molecule has 0 aliphatic rings. The number of anilines is 1. The van der Waals surface area contributed by atoms with Gasteiger partial charge in [0.05, 0.1) is 18.4 Å². The number of nitrogens with one attached hydrogen (secondary N) is 1. The molecular weight excluding hydrogens is 292 g/mol. The fraction of sp³-hybridized carbons (Fsp3) is 0.375. The first kappa shape index (κ1) is 15.2. The third-order valence-corrected chi connectivity index (χ3v) is 3.48. The average molecular weight is 312 g/mol. The minimum absolute atomic E-state index is 0.114. The Bertz CT molecular complexity index is 807. The molecule has 120 valence electrons. The van der Waals surface area contributed by atoms with E-state index in [9.17, 15) is 0 Å². The van der Waals surface area contributed by atoms with Crippen LogP contribution in [0.4, 0.5) is 5.95 Å². The van der Waals surface area contributed by atoms with Crippen LogP contribution in [0.25, 0.3) is 11.5 Å². The maximum Gasteiger partial charge on any atom is 0.243 e. The zero-order valence-corrected chi connectivity index (χ0v) is 13.7. The van der Waals surface area contributed by atoms with E-state index in [-0.39, 0.29) is 6.04 Å². The van der Waals surface area contributed by atoms with Crippen LogP contribution in [0.15, 0.2) is 28.8 Å². The first-order chi connectivity index (χ1) is 11.0. The molecule has 0 aliphatic heterocycles. The van der Waals surface area contributed by atoms with Gasteiger partial charge in [0, 0.05) is 11.7 Å². The van der Waals surface area contributed by atoms with Gasteiger partial charge in [-0.05, 0) is 45.9 Å². The molecule has 3 aromatic heterocycles. The molecule has 0 fully saturated rings. The first-order valence-electron chi connectivity index (χ1n) is 7.55. The predicted octanol–water partition coefficient (Wildman–Crippen LogP) is 2.75. The molecule has 1 N–H and O–H groups in total. The second-order valence-corrected chi connectivity index (χ2v) is 5.73. The molecule has 0 saturated carbocycles. The lowest BCUT2D eigenvalue weighted by Crippen LogP contribution is -2.24. The Morgan fingerprint density at radius 1 is 1.26 bits per heavy atom. The molecule has 0 saturated heterocycles. The largest absolute Gasteiger partial charge is 0.460 e. The van der Waals surface area contributed by atoms with Gasteiger partial charge in [-0.25, -0.2) is 4.98 Å². The Hall–Kier alpha value is -2.70. The van der Waals surface area contributed by atoms with E-state index in [1.54, 1.807) is 6.20 Å². The average Bonchev–Trinajstić information content (AvgIpc) is 3.05. The Balaban J connectivity index is 1.71. The SMILES string of the molecule is Cc1cc(C)n(CC(C)Nc2nncc(-c3ccc(C)o3)n2)n1. The maximum absolute atomic E-state index is 5.57. The second kappa shape index (κ2) is 6.20. The summed E-state index contributed by atoms with van der Waals surface area (Å²) in [5, 5.41) is 15.8. The van der Waals surface area contributed by atoms with Crippen molar-refractivity contribution in [1.82, 2.24) is 25.0 Å². The highest BCUT2D eigenvalue weighted by atomic mass is 16.3. The monoisotopic (exact) mass is 312 g/mol. The van der Waals surface area contributed by atoms with Gasteiger partial charge in [0.1, 0.15) is 11.5 Å². The fourth-order valence-corrected chi connectivity index (χ4v) is 2.44. The molecule has 0 aliphatic carbocycles. The zero-order valence-electron chi connectivity index (χ0n) is 13.7. The van der Waals surface area contributed by atoms with Crippen LogP contribution in [0.1, 0.15) is 24.1 Å². The van der Waals surface area contributed by atoms with Crippen LogP contribution in [0, 0.1) is 20.8 Å². The predicted molar refractivity (Wildman–Crippen MR) is 87.1 cm³/mol. The summed E-state index contributed by atoms with van der Waals surface area (Å²) >= 11 is 0. The number of rotatable bonds is 5. The van der Waals surface area contributed by atoms with E-state index >= 15 is 0 Å². The van der Waals surface area contributed by atoms with E-state index in [0.717, 1.165) is 23.7 Å². The summed E-state index contributed by atoms with van der Waals surface area (Å²) < 4.78 is 7.54. The highest BCUT2D eigenvalue weighted by Gasteiger charge is 2.11. The van der Waals surface area contributed by atoms with Crippen LogP contribution in [-0.2, 0) is 6.54 Å². The van der Waals surface area contributed by atoms with Crippen LogP contribution in [0.5, 0.6) is 0 Å².